The van der Waals surface area contributed by atoms with Gasteiger partial charge < -0.3 is 10.3 Å². The molecule has 132 valence electrons. The molecule has 1 aliphatic carbocycles. The molecule has 1 saturated carbocycles. The molecular weight excluding hydrogens is 333 g/mol. The van der Waals surface area contributed by atoms with Crippen LogP contribution in [0.2, 0.25) is 0 Å². The van der Waals surface area contributed by atoms with Crippen molar-refractivity contribution in [3.05, 3.63) is 36.5 Å². The lowest BCUT2D eigenvalue weighted by atomic mass is 9.78. The van der Waals surface area contributed by atoms with E-state index in [1.807, 2.05) is 19.2 Å². The molecule has 5 rings (SSSR count). The highest BCUT2D eigenvalue weighted by Crippen LogP contribution is 2.45. The van der Waals surface area contributed by atoms with E-state index in [4.69, 9.17) is 5.73 Å². The quantitative estimate of drug-likeness (QED) is 0.600. The average molecular weight is 351 g/mol. The Morgan fingerprint density at radius 2 is 2.04 bits per heavy atom. The van der Waals surface area contributed by atoms with Gasteiger partial charge in [0.2, 0.25) is 5.95 Å². The van der Waals surface area contributed by atoms with Crippen LogP contribution in [-0.2, 0) is 0 Å². The predicted octanol–water partition coefficient (Wildman–Crippen LogP) is 3.09. The Labute approximate surface area is 148 Å². The van der Waals surface area contributed by atoms with Crippen LogP contribution in [0.5, 0.6) is 0 Å². The Bertz CT molecular complexity index is 1150. The van der Waals surface area contributed by atoms with Gasteiger partial charge >= 0.3 is 0 Å². The largest absolute Gasteiger partial charge is 0.367 e. The molecule has 0 bridgehead atoms. The molecule has 0 aliphatic heterocycles. The van der Waals surface area contributed by atoms with E-state index in [-0.39, 0.29) is 12.0 Å². The first-order valence-corrected chi connectivity index (χ1v) is 8.55. The summed E-state index contributed by atoms with van der Waals surface area (Å²) in [6.45, 7) is 3.60. The fourth-order valence-electron chi connectivity index (χ4n) is 3.96. The van der Waals surface area contributed by atoms with E-state index >= 15 is 0 Å². The molecule has 26 heavy (non-hydrogen) atoms. The third-order valence-corrected chi connectivity index (χ3v) is 5.16. The molecule has 4 heterocycles. The lowest BCUT2D eigenvalue weighted by Crippen LogP contribution is -2.38. The van der Waals surface area contributed by atoms with Crippen molar-refractivity contribution in [2.45, 2.75) is 38.4 Å². The lowest BCUT2D eigenvalue weighted by Gasteiger charge is -2.40. The van der Waals surface area contributed by atoms with E-state index in [2.05, 4.69) is 30.7 Å². The zero-order chi connectivity index (χ0) is 18.1. The minimum absolute atomic E-state index is 0.126. The monoisotopic (exact) mass is 351 g/mol. The summed E-state index contributed by atoms with van der Waals surface area (Å²) in [5.74, 6) is 1.09. The smallest absolute Gasteiger partial charge is 0.238 e. The second-order valence-corrected chi connectivity index (χ2v) is 7.25. The molecule has 0 atom stereocenters. The van der Waals surface area contributed by atoms with Crippen LogP contribution in [0.1, 0.15) is 31.6 Å². The van der Waals surface area contributed by atoms with Crippen molar-refractivity contribution < 1.29 is 4.39 Å². The van der Waals surface area contributed by atoms with E-state index < -0.39 is 5.67 Å². The maximum atomic E-state index is 14.0. The lowest BCUT2D eigenvalue weighted by molar-refractivity contribution is 0.0330. The molecule has 7 nitrogen and oxygen atoms in total. The zero-order valence-electron chi connectivity index (χ0n) is 14.5. The number of aryl methyl sites for hydroxylation is 1. The van der Waals surface area contributed by atoms with Gasteiger partial charge in [-0.25, -0.2) is 23.9 Å². The highest BCUT2D eigenvalue weighted by molar-refractivity contribution is 5.85. The summed E-state index contributed by atoms with van der Waals surface area (Å²) in [6, 6.07) is 4.14. The molecule has 4 aromatic heterocycles. The third kappa shape index (κ3) is 2.18. The van der Waals surface area contributed by atoms with E-state index in [9.17, 15) is 4.39 Å². The van der Waals surface area contributed by atoms with Gasteiger partial charge in [-0.1, -0.05) is 0 Å². The average Bonchev–Trinajstić information content (AvgIpc) is 3.11. The van der Waals surface area contributed by atoms with Gasteiger partial charge in [-0.2, -0.15) is 0 Å². The summed E-state index contributed by atoms with van der Waals surface area (Å²) >= 11 is 0. The van der Waals surface area contributed by atoms with Gasteiger partial charge in [0.05, 0.1) is 17.2 Å². The summed E-state index contributed by atoms with van der Waals surface area (Å²) in [6.07, 6.45) is 6.35. The fraction of sp³-hybridized carbons (Fsp3) is 0.333. The predicted molar refractivity (Wildman–Crippen MR) is 96.4 cm³/mol. The van der Waals surface area contributed by atoms with Gasteiger partial charge in [0.1, 0.15) is 11.5 Å². The van der Waals surface area contributed by atoms with Gasteiger partial charge in [0.25, 0.3) is 0 Å². The molecule has 1 fully saturated rings. The molecule has 0 unspecified atom stereocenters. The number of imidazole rings is 1. The summed E-state index contributed by atoms with van der Waals surface area (Å²) in [5, 5.41) is 4.18. The molecule has 1 aliphatic rings. The molecule has 2 N–H and O–H groups in total. The molecule has 0 spiro atoms. The summed E-state index contributed by atoms with van der Waals surface area (Å²) in [4.78, 5) is 13.1. The number of aromatic nitrogens is 6. The molecule has 0 aromatic carbocycles. The first kappa shape index (κ1) is 15.2. The van der Waals surface area contributed by atoms with Crippen molar-refractivity contribution in [2.75, 3.05) is 5.73 Å². The Hall–Kier alpha value is -3.03. The summed E-state index contributed by atoms with van der Waals surface area (Å²) in [5.41, 5.74) is 8.93. The van der Waals surface area contributed by atoms with Crippen LogP contribution in [0, 0.1) is 6.92 Å². The number of fused-ring (bicyclic) bond motifs is 2. The molecule has 4 aromatic rings. The zero-order valence-corrected chi connectivity index (χ0v) is 14.5. The van der Waals surface area contributed by atoms with Gasteiger partial charge in [0, 0.05) is 42.4 Å². The Kier molecular flexibility index (Phi) is 2.93. The second kappa shape index (κ2) is 5.00. The highest BCUT2D eigenvalue weighted by atomic mass is 19.1. The number of anilines is 1. The topological polar surface area (TPSA) is 86.9 Å². The number of halogens is 1. The van der Waals surface area contributed by atoms with Gasteiger partial charge in [-0.15, -0.1) is 5.10 Å². The second-order valence-electron chi connectivity index (χ2n) is 7.25. The Morgan fingerprint density at radius 1 is 1.23 bits per heavy atom. The van der Waals surface area contributed by atoms with Crippen molar-refractivity contribution in [3.63, 3.8) is 0 Å². The van der Waals surface area contributed by atoms with Crippen molar-refractivity contribution in [2.24, 2.45) is 0 Å². The SMILES string of the molecule is Cc1nc2ncc(-c3ccn4nc(N)ncc34)cc2n1C1CC(C)(F)C1. The third-order valence-electron chi connectivity index (χ3n) is 5.16. The molecule has 8 heteroatoms. The number of rotatable bonds is 2. The normalized spacial score (nSPS) is 22.8. The maximum Gasteiger partial charge on any atom is 0.238 e. The Morgan fingerprint density at radius 3 is 2.81 bits per heavy atom. The first-order valence-electron chi connectivity index (χ1n) is 8.55. The number of hydrogen-bond donors (Lipinski definition) is 1. The number of pyridine rings is 1. The van der Waals surface area contributed by atoms with Crippen molar-refractivity contribution in [1.29, 1.82) is 0 Å². The molecule has 0 saturated heterocycles. The summed E-state index contributed by atoms with van der Waals surface area (Å²) < 4.78 is 17.8. The number of nitrogens with two attached hydrogens (primary N) is 1. The van der Waals surface area contributed by atoms with Crippen molar-refractivity contribution >= 4 is 22.6 Å². The van der Waals surface area contributed by atoms with Crippen molar-refractivity contribution in [1.82, 2.24) is 29.1 Å². The van der Waals surface area contributed by atoms with Crippen LogP contribution < -0.4 is 5.73 Å². The van der Waals surface area contributed by atoms with Crippen LogP contribution in [0.4, 0.5) is 10.3 Å². The van der Waals surface area contributed by atoms with Crippen LogP contribution in [0.3, 0.4) is 0 Å². The van der Waals surface area contributed by atoms with Crippen molar-refractivity contribution in [3.8, 4) is 11.1 Å². The van der Waals surface area contributed by atoms with Crippen LogP contribution in [0.15, 0.2) is 30.7 Å². The Balaban J connectivity index is 1.65. The van der Waals surface area contributed by atoms with Gasteiger partial charge in [0.15, 0.2) is 5.65 Å². The minimum atomic E-state index is -1.09. The molecule has 0 radical (unpaired) electrons. The number of nitrogens with zero attached hydrogens (tertiary/aromatic N) is 6. The maximum absolute atomic E-state index is 14.0. The van der Waals surface area contributed by atoms with E-state index in [1.165, 1.54) is 0 Å². The van der Waals surface area contributed by atoms with Crippen LogP contribution >= 0.6 is 0 Å². The van der Waals surface area contributed by atoms with E-state index in [0.717, 1.165) is 28.0 Å². The number of nitrogen functional groups attached to an aromatic ring is 1. The fourth-order valence-corrected chi connectivity index (χ4v) is 3.96. The highest BCUT2D eigenvalue weighted by Gasteiger charge is 2.42. The van der Waals surface area contributed by atoms with E-state index in [1.54, 1.807) is 23.8 Å². The standard InChI is InChI=1S/C18H18FN7/c1-10-23-16-14(26(10)12-6-18(2,19)7-12)5-11(8-21-16)13-3-4-25-15(13)9-22-17(20)24-25/h3-5,8-9,12H,6-7H2,1-2H3,(H2,20,24). The number of hydrogen-bond acceptors (Lipinski definition) is 5. The van der Waals surface area contributed by atoms with Crippen LogP contribution in [-0.4, -0.2) is 34.8 Å². The summed E-state index contributed by atoms with van der Waals surface area (Å²) in [7, 11) is 0. The van der Waals surface area contributed by atoms with Crippen LogP contribution in [0.25, 0.3) is 27.8 Å². The van der Waals surface area contributed by atoms with Gasteiger partial charge in [-0.3, -0.25) is 0 Å². The van der Waals surface area contributed by atoms with Gasteiger partial charge in [-0.05, 0) is 26.0 Å². The molecular formula is C18H18FN7. The minimum Gasteiger partial charge on any atom is -0.367 e. The van der Waals surface area contributed by atoms with E-state index in [0.29, 0.717) is 18.5 Å². The first-order chi connectivity index (χ1) is 12.4. The number of alkyl halides is 1. The molecule has 0 amide bonds.